The molecule has 0 unspecified atom stereocenters. The summed E-state index contributed by atoms with van der Waals surface area (Å²) >= 11 is 1.24. The first-order chi connectivity index (χ1) is 12.5. The Balaban J connectivity index is 1.80. The van der Waals surface area contributed by atoms with Gasteiger partial charge in [-0.1, -0.05) is 0 Å². The van der Waals surface area contributed by atoms with E-state index in [1.54, 1.807) is 11.8 Å². The van der Waals surface area contributed by atoms with Crippen LogP contribution in [0.3, 0.4) is 0 Å². The number of aromatic nitrogens is 3. The fourth-order valence-corrected chi connectivity index (χ4v) is 4.04. The summed E-state index contributed by atoms with van der Waals surface area (Å²) in [5.74, 6) is -0.956. The molecule has 11 heteroatoms. The molecule has 1 aliphatic heterocycles. The van der Waals surface area contributed by atoms with Gasteiger partial charge in [0.15, 0.2) is 0 Å². The molecule has 0 aromatic carbocycles. The van der Waals surface area contributed by atoms with Gasteiger partial charge in [-0.25, -0.2) is 14.5 Å². The predicted octanol–water partition coefficient (Wildman–Crippen LogP) is 0.592. The molecular weight excluding hydrogens is 360 g/mol. The van der Waals surface area contributed by atoms with Crippen LogP contribution in [0.2, 0.25) is 0 Å². The number of carbonyl (C=O) groups is 3. The van der Waals surface area contributed by atoms with Crippen molar-refractivity contribution in [3.63, 3.8) is 0 Å². The molecule has 2 aromatic rings. The van der Waals surface area contributed by atoms with Gasteiger partial charge in [0, 0.05) is 11.4 Å². The van der Waals surface area contributed by atoms with E-state index in [9.17, 15) is 14.4 Å². The van der Waals surface area contributed by atoms with Crippen molar-refractivity contribution in [2.75, 3.05) is 18.5 Å². The molecule has 3 amide bonds. The minimum Gasteiger partial charge on any atom is -0.450 e. The normalized spacial score (nSPS) is 13.2. The quantitative estimate of drug-likeness (QED) is 0.782. The zero-order valence-corrected chi connectivity index (χ0v) is 14.9. The minimum atomic E-state index is -0.608. The molecule has 26 heavy (non-hydrogen) atoms. The van der Waals surface area contributed by atoms with Crippen LogP contribution in [0.5, 0.6) is 0 Å². The monoisotopic (exact) mass is 378 g/mol. The highest BCUT2D eigenvalue weighted by molar-refractivity contribution is 7.17. The summed E-state index contributed by atoms with van der Waals surface area (Å²) in [5.41, 5.74) is 6.60. The van der Waals surface area contributed by atoms with Crippen LogP contribution in [0.25, 0.3) is 0 Å². The van der Waals surface area contributed by atoms with Gasteiger partial charge in [0.1, 0.15) is 24.2 Å². The van der Waals surface area contributed by atoms with Crippen LogP contribution in [0, 0.1) is 0 Å². The molecule has 0 bridgehead atoms. The number of primary amides is 1. The molecule has 1 aliphatic rings. The summed E-state index contributed by atoms with van der Waals surface area (Å²) in [7, 11) is 0. The van der Waals surface area contributed by atoms with E-state index in [1.807, 2.05) is 0 Å². The van der Waals surface area contributed by atoms with E-state index in [0.29, 0.717) is 36.7 Å². The van der Waals surface area contributed by atoms with Gasteiger partial charge in [-0.15, -0.1) is 11.3 Å². The van der Waals surface area contributed by atoms with E-state index in [-0.39, 0.29) is 12.5 Å². The van der Waals surface area contributed by atoms with Crippen molar-refractivity contribution in [1.29, 1.82) is 0 Å². The van der Waals surface area contributed by atoms with Crippen LogP contribution in [0.1, 0.15) is 27.7 Å². The lowest BCUT2D eigenvalue weighted by atomic mass is 10.0. The van der Waals surface area contributed by atoms with Crippen LogP contribution in [0.15, 0.2) is 12.7 Å². The Morgan fingerprint density at radius 2 is 2.23 bits per heavy atom. The van der Waals surface area contributed by atoms with E-state index in [0.717, 1.165) is 10.4 Å². The molecule has 3 heterocycles. The third-order valence-corrected chi connectivity index (χ3v) is 4.99. The lowest BCUT2D eigenvalue weighted by Crippen LogP contribution is -2.36. The van der Waals surface area contributed by atoms with Gasteiger partial charge in [0.2, 0.25) is 5.91 Å². The topological polar surface area (TPSA) is 132 Å². The first-order valence-electron chi connectivity index (χ1n) is 7.97. The lowest BCUT2D eigenvalue weighted by Gasteiger charge is -2.26. The maximum absolute atomic E-state index is 12.2. The molecule has 0 saturated carbocycles. The molecule has 10 nitrogen and oxygen atoms in total. The zero-order chi connectivity index (χ0) is 18.7. The lowest BCUT2D eigenvalue weighted by molar-refractivity contribution is -0.116. The third-order valence-electron chi connectivity index (χ3n) is 3.85. The summed E-state index contributed by atoms with van der Waals surface area (Å²) in [6, 6.07) is 0. The molecule has 0 saturated heterocycles. The average molecular weight is 378 g/mol. The average Bonchev–Trinajstić information content (AvgIpc) is 3.21. The van der Waals surface area contributed by atoms with Crippen molar-refractivity contribution >= 4 is 34.2 Å². The Bertz CT molecular complexity index is 832. The summed E-state index contributed by atoms with van der Waals surface area (Å²) in [4.78, 5) is 42.2. The first kappa shape index (κ1) is 17.9. The van der Waals surface area contributed by atoms with Gasteiger partial charge < -0.3 is 20.7 Å². The minimum absolute atomic E-state index is 0.0320. The Morgan fingerprint density at radius 3 is 2.88 bits per heavy atom. The molecule has 0 aliphatic carbocycles. The number of carbonyl (C=O) groups excluding carboxylic acids is 3. The van der Waals surface area contributed by atoms with Crippen molar-refractivity contribution in [3.8, 4) is 0 Å². The number of amides is 3. The number of nitrogens with two attached hydrogens (primary N) is 1. The number of anilines is 1. The molecule has 0 fully saturated rings. The zero-order valence-electron chi connectivity index (χ0n) is 14.1. The summed E-state index contributed by atoms with van der Waals surface area (Å²) in [5, 5.41) is 6.97. The van der Waals surface area contributed by atoms with Crippen LogP contribution >= 0.6 is 11.3 Å². The molecule has 3 rings (SSSR count). The van der Waals surface area contributed by atoms with Gasteiger partial charge in [-0.2, -0.15) is 5.10 Å². The van der Waals surface area contributed by atoms with Gasteiger partial charge in [0.05, 0.1) is 18.7 Å². The van der Waals surface area contributed by atoms with Crippen molar-refractivity contribution in [2.45, 2.75) is 26.4 Å². The van der Waals surface area contributed by atoms with Crippen LogP contribution in [-0.4, -0.2) is 50.7 Å². The Kier molecular flexibility index (Phi) is 5.16. The number of fused-ring (bicyclic) bond motifs is 1. The Labute approximate surface area is 152 Å². The van der Waals surface area contributed by atoms with Crippen molar-refractivity contribution in [2.24, 2.45) is 5.73 Å². The SMILES string of the molecule is CCOC(=O)N1CCc2c(sc(NC(=O)Cn3cncn3)c2C(N)=O)C1. The fourth-order valence-electron chi connectivity index (χ4n) is 2.75. The van der Waals surface area contributed by atoms with Gasteiger partial charge in [-0.3, -0.25) is 9.59 Å². The standard InChI is InChI=1S/C15H18N6O4S/c1-2-25-15(24)20-4-3-9-10(5-20)26-14(12(9)13(16)23)19-11(22)6-21-8-17-7-18-21/h7-8H,2-6H2,1H3,(H2,16,23)(H,19,22). The highest BCUT2D eigenvalue weighted by Crippen LogP contribution is 2.37. The summed E-state index contributed by atoms with van der Waals surface area (Å²) in [6.07, 6.45) is 2.83. The maximum Gasteiger partial charge on any atom is 0.410 e. The molecule has 0 spiro atoms. The molecule has 2 aromatic heterocycles. The van der Waals surface area contributed by atoms with Crippen LogP contribution < -0.4 is 11.1 Å². The third kappa shape index (κ3) is 3.67. The van der Waals surface area contributed by atoms with Gasteiger partial charge in [0.25, 0.3) is 5.91 Å². The van der Waals surface area contributed by atoms with E-state index in [2.05, 4.69) is 15.4 Å². The Morgan fingerprint density at radius 1 is 1.42 bits per heavy atom. The van der Waals surface area contributed by atoms with Crippen molar-refractivity contribution in [3.05, 3.63) is 28.7 Å². The number of nitrogens with zero attached hydrogens (tertiary/aromatic N) is 4. The molecule has 3 N–H and O–H groups in total. The highest BCUT2D eigenvalue weighted by atomic mass is 32.1. The Hall–Kier alpha value is -2.95. The number of hydrogen-bond donors (Lipinski definition) is 2. The number of thiophene rings is 1. The largest absolute Gasteiger partial charge is 0.450 e. The van der Waals surface area contributed by atoms with E-state index in [1.165, 1.54) is 28.7 Å². The number of rotatable bonds is 5. The second kappa shape index (κ2) is 7.52. The second-order valence-corrected chi connectivity index (χ2v) is 6.69. The molecular formula is C15H18N6O4S. The predicted molar refractivity (Wildman–Crippen MR) is 92.6 cm³/mol. The van der Waals surface area contributed by atoms with Crippen LogP contribution in [0.4, 0.5) is 9.80 Å². The molecule has 0 radical (unpaired) electrons. The number of ether oxygens (including phenoxy) is 1. The second-order valence-electron chi connectivity index (χ2n) is 5.58. The van der Waals surface area contributed by atoms with Crippen LogP contribution in [-0.2, 0) is 29.0 Å². The first-order valence-corrected chi connectivity index (χ1v) is 8.79. The highest BCUT2D eigenvalue weighted by Gasteiger charge is 2.30. The maximum atomic E-state index is 12.2. The van der Waals surface area contributed by atoms with Gasteiger partial charge in [-0.05, 0) is 18.9 Å². The van der Waals surface area contributed by atoms with Crippen molar-refractivity contribution in [1.82, 2.24) is 19.7 Å². The molecule has 138 valence electrons. The number of hydrogen-bond acceptors (Lipinski definition) is 7. The van der Waals surface area contributed by atoms with E-state index in [4.69, 9.17) is 10.5 Å². The van der Waals surface area contributed by atoms with Crippen molar-refractivity contribution < 1.29 is 19.1 Å². The van der Waals surface area contributed by atoms with Gasteiger partial charge >= 0.3 is 6.09 Å². The smallest absolute Gasteiger partial charge is 0.410 e. The van der Waals surface area contributed by atoms with E-state index < -0.39 is 12.0 Å². The molecule has 0 atom stereocenters. The summed E-state index contributed by atoms with van der Waals surface area (Å²) < 4.78 is 6.39. The number of nitrogens with one attached hydrogen (secondary N) is 1. The summed E-state index contributed by atoms with van der Waals surface area (Å²) in [6.45, 7) is 2.75. The fraction of sp³-hybridized carbons (Fsp3) is 0.400. The van der Waals surface area contributed by atoms with E-state index >= 15 is 0 Å².